The molecule has 0 radical (unpaired) electrons. The fraction of sp³-hybridized carbons (Fsp3) is 0.984. The lowest BCUT2D eigenvalue weighted by atomic mass is 9.92. The van der Waals surface area contributed by atoms with Gasteiger partial charge in [0.25, 0.3) is 0 Å². The highest BCUT2D eigenvalue weighted by atomic mass is 32.5. The highest BCUT2D eigenvalue weighted by Gasteiger charge is 2.46. The predicted octanol–water partition coefficient (Wildman–Crippen LogP) is 4.00. The Balaban J connectivity index is 1.53. The van der Waals surface area contributed by atoms with Gasteiger partial charge in [-0.2, -0.15) is 0 Å². The van der Waals surface area contributed by atoms with Crippen LogP contribution in [-0.2, 0) is 136 Å². The Morgan fingerprint density at radius 1 is 0.365 bits per heavy atom. The molecule has 1 amide bonds. The molecule has 0 aliphatic carbocycles. The zero-order valence-electron chi connectivity index (χ0n) is 60.9. The summed E-state index contributed by atoms with van der Waals surface area (Å²) in [6.07, 6.45) is 1.15. The average Bonchev–Trinajstić information content (AvgIpc) is 0.831. The molecule has 0 aromatic carbocycles. The first-order valence-corrected chi connectivity index (χ1v) is 46.6. The molecule has 3 aliphatic rings. The van der Waals surface area contributed by atoms with Crippen LogP contribution in [0.2, 0.25) is 0 Å². The fourth-order valence-corrected chi connectivity index (χ4v) is 15.4. The van der Waals surface area contributed by atoms with Gasteiger partial charge in [-0.3, -0.25) is 4.79 Å². The van der Waals surface area contributed by atoms with E-state index in [1.165, 1.54) is 14.0 Å². The zero-order chi connectivity index (χ0) is 76.9. The minimum atomic E-state index is -3.62. The molecule has 33 nitrogen and oxygen atoms in total. The van der Waals surface area contributed by atoms with Crippen molar-refractivity contribution in [1.82, 2.24) is 5.32 Å². The number of rotatable bonds is 65. The predicted molar refractivity (Wildman–Crippen MR) is 394 cm³/mol. The van der Waals surface area contributed by atoms with Gasteiger partial charge in [0.05, 0.1) is 110 Å². The molecule has 0 spiro atoms. The number of hydrogen-bond donors (Lipinski definition) is 14. The summed E-state index contributed by atoms with van der Waals surface area (Å²) >= 11 is 20.8. The highest BCUT2D eigenvalue weighted by molar-refractivity contribution is 8.08. The number of unbranched alkanes of at least 4 members (excludes halogenated alkanes) is 14. The van der Waals surface area contributed by atoms with Crippen LogP contribution < -0.4 is 5.32 Å². The molecule has 104 heavy (non-hydrogen) atoms. The Morgan fingerprint density at radius 2 is 0.615 bits per heavy atom. The second kappa shape index (κ2) is 56.2. The number of aliphatic hydroxyl groups is 9. The highest BCUT2D eigenvalue weighted by Crippen LogP contribution is 2.46. The molecule has 3 heterocycles. The standard InChI is InChI=1S/C63H125NO32P4S4/c1-47-54(69)56(71)50(40-65)94-60(47)84-30-16-9-12-20-34-88-98(76,102)91-37-23-27-81-44-63(43-80-26-15-7-5-6-8-19-33-87-97(75,101)79-4,45-82-28-24-38-92-99(77,103)89-35-21-13-10-17-31-85-61-48(2)55(70)57(72)51(41-66)95-61)46-83-29-25-39-93-100(78,104)90-36-22-14-11-18-32-86-62-53(64-49(3)68)59(74)58(73)52(42-67)96-62/h47-48,50-62,65-67,69-74H,5-46H2,1-4H3,(H,64,68)(H,75,101)(H,76,102)(H,77,103)(H,78,104)/t47-,48?,50?,51?,52?,53?,54?,55+,56-,57-,58-,59+,60+,61+,62+,63?,97?,98?,99?,100?/m0/s1. The molecule has 3 saturated heterocycles. The van der Waals surface area contributed by atoms with E-state index in [1.54, 1.807) is 13.8 Å². The molecule has 3 rings (SSSR count). The lowest BCUT2D eigenvalue weighted by Crippen LogP contribution is -2.64. The maximum atomic E-state index is 11.8. The quantitative estimate of drug-likeness (QED) is 0.0302. The van der Waals surface area contributed by atoms with E-state index in [2.05, 4.69) is 5.32 Å². The molecule has 618 valence electrons. The first-order chi connectivity index (χ1) is 49.6. The Labute approximate surface area is 634 Å². The molecule has 3 aliphatic heterocycles. The van der Waals surface area contributed by atoms with Crippen molar-refractivity contribution < 1.29 is 154 Å². The van der Waals surface area contributed by atoms with Crippen LogP contribution in [0.3, 0.4) is 0 Å². The first-order valence-electron chi connectivity index (χ1n) is 36.3. The van der Waals surface area contributed by atoms with E-state index in [0.29, 0.717) is 97.1 Å². The van der Waals surface area contributed by atoms with Crippen LogP contribution in [0.15, 0.2) is 0 Å². The van der Waals surface area contributed by atoms with Crippen molar-refractivity contribution in [3.8, 4) is 0 Å². The smallest absolute Gasteiger partial charge is 0.324 e. The molecular weight excluding hydrogens is 1530 g/mol. The summed E-state index contributed by atoms with van der Waals surface area (Å²) in [5.41, 5.74) is -0.884. The van der Waals surface area contributed by atoms with Crippen LogP contribution in [0.25, 0.3) is 0 Å². The molecular formula is C63H125NO32P4S4. The van der Waals surface area contributed by atoms with E-state index in [9.17, 15) is 70.3 Å². The molecule has 41 heteroatoms. The summed E-state index contributed by atoms with van der Waals surface area (Å²) in [6, 6.07) is -1.04. The van der Waals surface area contributed by atoms with Crippen molar-refractivity contribution in [2.24, 2.45) is 17.3 Å². The van der Waals surface area contributed by atoms with Gasteiger partial charge in [0.15, 0.2) is 18.9 Å². The van der Waals surface area contributed by atoms with E-state index in [1.807, 2.05) is 0 Å². The minimum absolute atomic E-state index is 0.0211. The molecule has 14 N–H and O–H groups in total. The van der Waals surface area contributed by atoms with Crippen molar-refractivity contribution in [2.75, 3.05) is 146 Å². The van der Waals surface area contributed by atoms with E-state index in [4.69, 9.17) is 131 Å². The Kier molecular flexibility index (Phi) is 53.5. The average molecular weight is 1660 g/mol. The number of amides is 1. The van der Waals surface area contributed by atoms with E-state index < -0.39 is 150 Å². The summed E-state index contributed by atoms with van der Waals surface area (Å²) in [4.78, 5) is 54.1. The Hall–Kier alpha value is 0.830. The van der Waals surface area contributed by atoms with Gasteiger partial charge >= 0.3 is 26.9 Å². The van der Waals surface area contributed by atoms with Crippen molar-refractivity contribution in [3.63, 3.8) is 0 Å². The van der Waals surface area contributed by atoms with Gasteiger partial charge in [0, 0.05) is 72.1 Å². The van der Waals surface area contributed by atoms with Gasteiger partial charge in [-0.1, -0.05) is 78.1 Å². The normalized spacial score (nSPS) is 28.3. The van der Waals surface area contributed by atoms with Gasteiger partial charge in [0.2, 0.25) is 5.91 Å². The number of hydrogen-bond acceptors (Lipinski definition) is 32. The summed E-state index contributed by atoms with van der Waals surface area (Å²) in [6.45, 7) is -7.61. The molecule has 3 fully saturated rings. The summed E-state index contributed by atoms with van der Waals surface area (Å²) in [5.74, 6) is -1.43. The first kappa shape index (κ1) is 99.0. The van der Waals surface area contributed by atoms with Crippen molar-refractivity contribution in [2.45, 2.75) is 235 Å². The molecule has 0 aromatic rings. The van der Waals surface area contributed by atoms with Crippen LogP contribution in [0.5, 0.6) is 0 Å². The topological polar surface area (TPSA) is 458 Å². The maximum Gasteiger partial charge on any atom is 0.324 e. The largest absolute Gasteiger partial charge is 0.394 e. The number of ether oxygens (including phenoxy) is 10. The van der Waals surface area contributed by atoms with Crippen LogP contribution >= 0.6 is 26.9 Å². The molecule has 11 unspecified atom stereocenters. The van der Waals surface area contributed by atoms with E-state index in [-0.39, 0.29) is 92.5 Å². The van der Waals surface area contributed by atoms with Gasteiger partial charge in [-0.25, -0.2) is 0 Å². The van der Waals surface area contributed by atoms with E-state index in [0.717, 1.165) is 64.2 Å². The second-order valence-corrected chi connectivity index (χ2v) is 37.7. The van der Waals surface area contributed by atoms with Crippen molar-refractivity contribution in [3.05, 3.63) is 0 Å². The minimum Gasteiger partial charge on any atom is -0.394 e. The number of aliphatic hydroxyl groups excluding tert-OH is 9. The monoisotopic (exact) mass is 1660 g/mol. The summed E-state index contributed by atoms with van der Waals surface area (Å²) in [5, 5.41) is 92.7. The lowest BCUT2D eigenvalue weighted by Gasteiger charge is -2.42. The Bertz CT molecular complexity index is 2330. The van der Waals surface area contributed by atoms with Gasteiger partial charge < -0.3 is 154 Å². The number of carbonyl (C=O) groups excluding carboxylic acids is 1. The van der Waals surface area contributed by atoms with Crippen LogP contribution in [0.1, 0.15) is 156 Å². The third kappa shape index (κ3) is 42.3. The Morgan fingerprint density at radius 3 is 0.923 bits per heavy atom. The van der Waals surface area contributed by atoms with Crippen molar-refractivity contribution in [1.29, 1.82) is 0 Å². The molecule has 0 saturated carbocycles. The third-order valence-corrected chi connectivity index (χ3v) is 23.9. The fourth-order valence-electron chi connectivity index (χ4n) is 11.0. The number of nitrogens with one attached hydrogen (secondary N) is 1. The van der Waals surface area contributed by atoms with Gasteiger partial charge in [-0.05, 0) is 118 Å². The van der Waals surface area contributed by atoms with E-state index >= 15 is 0 Å². The third-order valence-electron chi connectivity index (χ3n) is 17.2. The SMILES string of the molecule is COP(O)(=S)OCCCCCCCCOCC(COCCCOP(O)(=S)OCCCCCCO[C@@H]1OC(CO)[C@H](O)[C@H](O)C1C)(COCCCOP(O)(=S)OCCCCCCO[C@@H]1OC(CO)[C@H](O)[C@H](O)C1NC(C)=O)COCCCOP(O)(=S)OCCCCCCO[C@@H]1OC(CO)[C@H](O)C(O)[C@@H]1C. The summed E-state index contributed by atoms with van der Waals surface area (Å²) in [7, 11) is 1.32. The maximum absolute atomic E-state index is 11.8. The van der Waals surface area contributed by atoms with Gasteiger partial charge in [-0.15, -0.1) is 0 Å². The van der Waals surface area contributed by atoms with Crippen LogP contribution in [0.4, 0.5) is 0 Å². The molecule has 20 atom stereocenters. The lowest BCUT2D eigenvalue weighted by molar-refractivity contribution is -0.282. The van der Waals surface area contributed by atoms with Crippen molar-refractivity contribution >= 4 is 80.0 Å². The zero-order valence-corrected chi connectivity index (χ0v) is 67.7. The second-order valence-electron chi connectivity index (χ2n) is 26.2. The molecule has 0 aromatic heterocycles. The van der Waals surface area contributed by atoms with Crippen LogP contribution in [-0.4, -0.2) is 297 Å². The van der Waals surface area contributed by atoms with Gasteiger partial charge in [0.1, 0.15) is 48.8 Å². The van der Waals surface area contributed by atoms with Crippen LogP contribution in [0, 0.1) is 17.3 Å². The summed E-state index contributed by atoms with van der Waals surface area (Å²) < 4.78 is 103. The number of carbonyl (C=O) groups is 1. The molecule has 0 bridgehead atoms.